The lowest BCUT2D eigenvalue weighted by atomic mass is 10.1. The van der Waals surface area contributed by atoms with E-state index in [9.17, 15) is 0 Å². The standard InChI is InChI=1S/C25H28N6O/c1-16(30-12-11-20(26)14-30)19-8-10-23-28-29-25(31(23)13-19)21-9-7-18-3-2-4-22(24(18)27-21)32-15-17-5-6-17/h2-4,7-10,13,16-17,20H,5-6,11-12,14-15,26H2,1H3/t16-,20+/m1/s1. The zero-order chi connectivity index (χ0) is 21.7. The van der Waals surface area contributed by atoms with Gasteiger partial charge >= 0.3 is 0 Å². The van der Waals surface area contributed by atoms with Crippen molar-refractivity contribution >= 4 is 16.6 Å². The highest BCUT2D eigenvalue weighted by Crippen LogP contribution is 2.32. The summed E-state index contributed by atoms with van der Waals surface area (Å²) in [7, 11) is 0. The quantitative estimate of drug-likeness (QED) is 0.503. The molecule has 6 rings (SSSR count). The fourth-order valence-electron chi connectivity index (χ4n) is 4.56. The van der Waals surface area contributed by atoms with Crippen molar-refractivity contribution in [2.75, 3.05) is 19.7 Å². The van der Waals surface area contributed by atoms with Gasteiger partial charge in [0.2, 0.25) is 0 Å². The molecule has 2 atom stereocenters. The van der Waals surface area contributed by atoms with Gasteiger partial charge in [0.05, 0.1) is 6.61 Å². The summed E-state index contributed by atoms with van der Waals surface area (Å²) in [6, 6.07) is 14.9. The van der Waals surface area contributed by atoms with E-state index in [-0.39, 0.29) is 12.1 Å². The van der Waals surface area contributed by atoms with Crippen molar-refractivity contribution in [1.82, 2.24) is 24.5 Å². The van der Waals surface area contributed by atoms with Crippen molar-refractivity contribution in [3.05, 3.63) is 54.2 Å². The molecule has 1 saturated heterocycles. The maximum Gasteiger partial charge on any atom is 0.187 e. The van der Waals surface area contributed by atoms with E-state index >= 15 is 0 Å². The van der Waals surface area contributed by atoms with Crippen molar-refractivity contribution in [3.63, 3.8) is 0 Å². The van der Waals surface area contributed by atoms with Crippen LogP contribution in [0.25, 0.3) is 28.1 Å². The van der Waals surface area contributed by atoms with Gasteiger partial charge in [-0.3, -0.25) is 9.30 Å². The van der Waals surface area contributed by atoms with Crippen molar-refractivity contribution < 1.29 is 4.74 Å². The van der Waals surface area contributed by atoms with Gasteiger partial charge in [-0.2, -0.15) is 0 Å². The number of nitrogens with zero attached hydrogens (tertiary/aromatic N) is 5. The number of hydrogen-bond acceptors (Lipinski definition) is 6. The summed E-state index contributed by atoms with van der Waals surface area (Å²) in [5, 5.41) is 9.92. The van der Waals surface area contributed by atoms with Gasteiger partial charge < -0.3 is 10.5 Å². The van der Waals surface area contributed by atoms with E-state index in [1.807, 2.05) is 28.7 Å². The molecule has 4 aromatic rings. The molecule has 0 unspecified atom stereocenters. The number of para-hydroxylation sites is 1. The predicted molar refractivity (Wildman–Crippen MR) is 125 cm³/mol. The fraction of sp³-hybridized carbons (Fsp3) is 0.400. The third kappa shape index (κ3) is 3.61. The summed E-state index contributed by atoms with van der Waals surface area (Å²) < 4.78 is 8.14. The molecule has 2 fully saturated rings. The lowest BCUT2D eigenvalue weighted by Gasteiger charge is -2.24. The number of aromatic nitrogens is 4. The molecule has 2 aliphatic rings. The lowest BCUT2D eigenvalue weighted by Crippen LogP contribution is -2.28. The first kappa shape index (κ1) is 19.6. The van der Waals surface area contributed by atoms with Crippen molar-refractivity contribution in [1.29, 1.82) is 0 Å². The Hall–Kier alpha value is -3.03. The van der Waals surface area contributed by atoms with Gasteiger partial charge in [0, 0.05) is 36.8 Å². The average molecular weight is 429 g/mol. The van der Waals surface area contributed by atoms with Gasteiger partial charge in [0.15, 0.2) is 11.5 Å². The van der Waals surface area contributed by atoms with Crippen LogP contribution >= 0.6 is 0 Å². The Balaban J connectivity index is 1.37. The van der Waals surface area contributed by atoms with Crippen molar-refractivity contribution in [2.45, 2.75) is 38.3 Å². The molecule has 164 valence electrons. The third-order valence-electron chi connectivity index (χ3n) is 6.80. The Morgan fingerprint density at radius 2 is 2.00 bits per heavy atom. The second-order valence-corrected chi connectivity index (χ2v) is 9.21. The van der Waals surface area contributed by atoms with Crippen LogP contribution in [0.4, 0.5) is 0 Å². The minimum atomic E-state index is 0.268. The van der Waals surface area contributed by atoms with Gasteiger partial charge in [-0.1, -0.05) is 24.3 Å². The zero-order valence-electron chi connectivity index (χ0n) is 18.3. The number of pyridine rings is 2. The molecule has 1 aliphatic heterocycles. The first-order chi connectivity index (χ1) is 15.7. The minimum absolute atomic E-state index is 0.268. The number of fused-ring (bicyclic) bond motifs is 2. The molecule has 7 nitrogen and oxygen atoms in total. The molecule has 1 aromatic carbocycles. The maximum atomic E-state index is 6.13. The Morgan fingerprint density at radius 3 is 2.81 bits per heavy atom. The van der Waals surface area contributed by atoms with E-state index in [1.54, 1.807) is 0 Å². The number of benzene rings is 1. The molecule has 0 amide bonds. The van der Waals surface area contributed by atoms with Gasteiger partial charge in [0.1, 0.15) is 17.0 Å². The Bertz CT molecular complexity index is 1280. The van der Waals surface area contributed by atoms with Crippen LogP contribution in [0.2, 0.25) is 0 Å². The summed E-state index contributed by atoms with van der Waals surface area (Å²) in [6.07, 6.45) is 5.72. The lowest BCUT2D eigenvalue weighted by molar-refractivity contribution is 0.259. The molecule has 7 heteroatoms. The van der Waals surface area contributed by atoms with Crippen LogP contribution in [0, 0.1) is 5.92 Å². The molecule has 0 radical (unpaired) electrons. The van der Waals surface area contributed by atoms with Crippen LogP contribution in [-0.2, 0) is 0 Å². The molecular weight excluding hydrogens is 400 g/mol. The van der Waals surface area contributed by atoms with E-state index in [0.717, 1.165) is 59.9 Å². The highest BCUT2D eigenvalue weighted by atomic mass is 16.5. The molecule has 2 N–H and O–H groups in total. The monoisotopic (exact) mass is 428 g/mol. The first-order valence-corrected chi connectivity index (χ1v) is 11.5. The highest BCUT2D eigenvalue weighted by molar-refractivity contribution is 5.86. The summed E-state index contributed by atoms with van der Waals surface area (Å²) in [4.78, 5) is 7.39. The maximum absolute atomic E-state index is 6.13. The first-order valence-electron chi connectivity index (χ1n) is 11.5. The number of ether oxygens (including phenoxy) is 1. The number of rotatable bonds is 6. The molecule has 1 saturated carbocycles. The highest BCUT2D eigenvalue weighted by Gasteiger charge is 2.25. The summed E-state index contributed by atoms with van der Waals surface area (Å²) in [5.41, 5.74) is 9.83. The predicted octanol–water partition coefficient (Wildman–Crippen LogP) is 3.83. The Morgan fingerprint density at radius 1 is 1.09 bits per heavy atom. The molecule has 0 spiro atoms. The second-order valence-electron chi connectivity index (χ2n) is 9.21. The van der Waals surface area contributed by atoms with Gasteiger partial charge in [-0.25, -0.2) is 4.98 Å². The van der Waals surface area contributed by atoms with Crippen LogP contribution in [0.1, 0.15) is 37.8 Å². The van der Waals surface area contributed by atoms with Crippen LogP contribution < -0.4 is 10.5 Å². The SMILES string of the molecule is C[C@H](c1ccc2nnc(-c3ccc4cccc(OCC5CC5)c4n3)n2c1)N1CC[C@H](N)C1. The van der Waals surface area contributed by atoms with E-state index in [0.29, 0.717) is 5.92 Å². The normalized spacial score (nSPS) is 20.2. The molecule has 1 aliphatic carbocycles. The van der Waals surface area contributed by atoms with E-state index < -0.39 is 0 Å². The third-order valence-corrected chi connectivity index (χ3v) is 6.80. The zero-order valence-corrected chi connectivity index (χ0v) is 18.3. The number of likely N-dealkylation sites (tertiary alicyclic amines) is 1. The topological polar surface area (TPSA) is 81.6 Å². The summed E-state index contributed by atoms with van der Waals surface area (Å²) in [6.45, 7) is 4.97. The van der Waals surface area contributed by atoms with Crippen LogP contribution in [0.15, 0.2) is 48.7 Å². The molecule has 3 aromatic heterocycles. The Kier molecular flexibility index (Phi) is 4.81. The van der Waals surface area contributed by atoms with Crippen molar-refractivity contribution in [3.8, 4) is 17.3 Å². The number of hydrogen-bond donors (Lipinski definition) is 1. The smallest absolute Gasteiger partial charge is 0.187 e. The minimum Gasteiger partial charge on any atom is -0.491 e. The number of nitrogens with two attached hydrogens (primary N) is 1. The molecule has 4 heterocycles. The van der Waals surface area contributed by atoms with Gasteiger partial charge in [-0.15, -0.1) is 10.2 Å². The van der Waals surface area contributed by atoms with Crippen LogP contribution in [0.3, 0.4) is 0 Å². The van der Waals surface area contributed by atoms with E-state index in [2.05, 4.69) is 46.4 Å². The second kappa shape index (κ2) is 7.83. The molecule has 0 bridgehead atoms. The van der Waals surface area contributed by atoms with E-state index in [1.165, 1.54) is 18.4 Å². The average Bonchev–Trinajstić information content (AvgIpc) is 3.39. The fourth-order valence-corrected chi connectivity index (χ4v) is 4.56. The summed E-state index contributed by atoms with van der Waals surface area (Å²) >= 11 is 0. The van der Waals surface area contributed by atoms with Gasteiger partial charge in [-0.05, 0) is 55.9 Å². The molecular formula is C25H28N6O. The largest absolute Gasteiger partial charge is 0.491 e. The summed E-state index contributed by atoms with van der Waals surface area (Å²) in [5.74, 6) is 2.27. The van der Waals surface area contributed by atoms with Crippen molar-refractivity contribution in [2.24, 2.45) is 11.7 Å². The Labute approximate surface area is 187 Å². The van der Waals surface area contributed by atoms with Gasteiger partial charge in [0.25, 0.3) is 0 Å². The van der Waals surface area contributed by atoms with E-state index in [4.69, 9.17) is 15.5 Å². The van der Waals surface area contributed by atoms with Crippen LogP contribution in [0.5, 0.6) is 5.75 Å². The van der Waals surface area contributed by atoms with Crippen LogP contribution in [-0.4, -0.2) is 50.2 Å². The molecule has 32 heavy (non-hydrogen) atoms.